The number of nitrogens with one attached hydrogen (secondary N) is 1. The molecule has 0 aromatic rings. The summed E-state index contributed by atoms with van der Waals surface area (Å²) in [6, 6.07) is -0.299. The van der Waals surface area contributed by atoms with Crippen LogP contribution >= 0.6 is 0 Å². The van der Waals surface area contributed by atoms with Gasteiger partial charge in [-0.25, -0.2) is 0 Å². The van der Waals surface area contributed by atoms with E-state index in [1.165, 1.54) is 0 Å². The maximum Gasteiger partial charge on any atom is 0.112 e. The first-order valence-corrected chi connectivity index (χ1v) is 2.54. The lowest BCUT2D eigenvalue weighted by atomic mass is 10.5. The van der Waals surface area contributed by atoms with Crippen LogP contribution in [0.3, 0.4) is 0 Å². The molecule has 3 atom stereocenters. The number of nitrogens with two attached hydrogens (primary N) is 2. The zero-order chi connectivity index (χ0) is 6.36. The predicted molar refractivity (Wildman–Crippen MR) is 30.0 cm³/mol. The van der Waals surface area contributed by atoms with Crippen LogP contribution in [-0.2, 0) is 0 Å². The molecule has 0 radical (unpaired) electrons. The first-order chi connectivity index (χ1) is 3.63. The van der Waals surface area contributed by atoms with Crippen molar-refractivity contribution >= 4 is 0 Å². The zero-order valence-electron chi connectivity index (χ0n) is 4.76. The molecule has 0 aromatic carbocycles. The lowest BCUT2D eigenvalue weighted by Gasteiger charge is -2.05. The van der Waals surface area contributed by atoms with Crippen molar-refractivity contribution in [3.8, 4) is 0 Å². The molecule has 1 fully saturated rings. The summed E-state index contributed by atoms with van der Waals surface area (Å²) in [5, 5.41) is 11.6. The SMILES string of the molecule is CNC1(N)C(N)C1O. The van der Waals surface area contributed by atoms with Crippen molar-refractivity contribution in [1.82, 2.24) is 5.32 Å². The summed E-state index contributed by atoms with van der Waals surface area (Å²) < 4.78 is 0. The van der Waals surface area contributed by atoms with Crippen LogP contribution in [0.5, 0.6) is 0 Å². The number of aliphatic hydroxyl groups is 1. The second-order valence-corrected chi connectivity index (χ2v) is 2.15. The highest BCUT2D eigenvalue weighted by atomic mass is 16.3. The Bertz CT molecular complexity index is 97.5. The van der Waals surface area contributed by atoms with Gasteiger partial charge in [0.25, 0.3) is 0 Å². The van der Waals surface area contributed by atoms with Gasteiger partial charge in [-0.05, 0) is 7.05 Å². The van der Waals surface area contributed by atoms with Crippen LogP contribution in [0.4, 0.5) is 0 Å². The van der Waals surface area contributed by atoms with E-state index in [4.69, 9.17) is 16.6 Å². The molecule has 3 unspecified atom stereocenters. The van der Waals surface area contributed by atoms with E-state index in [9.17, 15) is 0 Å². The standard InChI is InChI=1S/C4H11N3O/c1-7-4(6)2(5)3(4)8/h2-3,7-8H,5-6H2,1H3. The molecular weight excluding hydrogens is 106 g/mol. The molecule has 1 aliphatic rings. The molecule has 0 aromatic heterocycles. The van der Waals surface area contributed by atoms with Crippen LogP contribution in [0.25, 0.3) is 0 Å². The number of hydrogen-bond acceptors (Lipinski definition) is 4. The van der Waals surface area contributed by atoms with Crippen LogP contribution in [0.15, 0.2) is 0 Å². The Labute approximate surface area is 47.9 Å². The van der Waals surface area contributed by atoms with Gasteiger partial charge in [-0.3, -0.25) is 5.32 Å². The van der Waals surface area contributed by atoms with Gasteiger partial charge < -0.3 is 16.6 Å². The van der Waals surface area contributed by atoms with Gasteiger partial charge >= 0.3 is 0 Å². The van der Waals surface area contributed by atoms with E-state index < -0.39 is 11.8 Å². The normalized spacial score (nSPS) is 54.0. The summed E-state index contributed by atoms with van der Waals surface area (Å²) in [5.74, 6) is 0. The maximum absolute atomic E-state index is 8.84. The molecular formula is C4H11N3O. The summed E-state index contributed by atoms with van der Waals surface area (Å²) in [7, 11) is 1.68. The Morgan fingerprint density at radius 3 is 2.12 bits per heavy atom. The van der Waals surface area contributed by atoms with Gasteiger partial charge in [-0.15, -0.1) is 0 Å². The molecule has 0 amide bonds. The first-order valence-electron chi connectivity index (χ1n) is 2.54. The Morgan fingerprint density at radius 1 is 1.75 bits per heavy atom. The molecule has 0 aliphatic heterocycles. The van der Waals surface area contributed by atoms with E-state index >= 15 is 0 Å². The molecule has 4 nitrogen and oxygen atoms in total. The second kappa shape index (κ2) is 1.41. The van der Waals surface area contributed by atoms with E-state index in [0.29, 0.717) is 0 Å². The Hall–Kier alpha value is -0.160. The minimum atomic E-state index is -0.708. The lowest BCUT2D eigenvalue weighted by molar-refractivity contribution is 0.236. The molecule has 6 N–H and O–H groups in total. The molecule has 48 valence electrons. The number of rotatable bonds is 1. The van der Waals surface area contributed by atoms with Crippen LogP contribution in [0, 0.1) is 0 Å². The van der Waals surface area contributed by atoms with Crippen molar-refractivity contribution in [3.05, 3.63) is 0 Å². The third-order valence-corrected chi connectivity index (χ3v) is 1.71. The Morgan fingerprint density at radius 2 is 2.12 bits per heavy atom. The lowest BCUT2D eigenvalue weighted by Crippen LogP contribution is -2.44. The van der Waals surface area contributed by atoms with Gasteiger partial charge in [0.2, 0.25) is 0 Å². The minimum absolute atomic E-state index is 0.299. The number of aliphatic hydroxyl groups excluding tert-OH is 1. The van der Waals surface area contributed by atoms with Crippen LogP contribution in [-0.4, -0.2) is 30.0 Å². The summed E-state index contributed by atoms with van der Waals surface area (Å²) in [5.41, 5.74) is 10.1. The van der Waals surface area contributed by atoms with Crippen LogP contribution in [0.1, 0.15) is 0 Å². The predicted octanol–water partition coefficient (Wildman–Crippen LogP) is -2.44. The van der Waals surface area contributed by atoms with Gasteiger partial charge in [0.15, 0.2) is 0 Å². The minimum Gasteiger partial charge on any atom is -0.388 e. The van der Waals surface area contributed by atoms with Crippen molar-refractivity contribution in [2.75, 3.05) is 7.05 Å². The molecule has 4 heteroatoms. The summed E-state index contributed by atoms with van der Waals surface area (Å²) >= 11 is 0. The third kappa shape index (κ3) is 0.482. The van der Waals surface area contributed by atoms with E-state index in [1.54, 1.807) is 7.05 Å². The van der Waals surface area contributed by atoms with E-state index in [1.807, 2.05) is 0 Å². The highest BCUT2D eigenvalue weighted by Crippen LogP contribution is 2.27. The van der Waals surface area contributed by atoms with E-state index in [2.05, 4.69) is 5.32 Å². The largest absolute Gasteiger partial charge is 0.388 e. The zero-order valence-corrected chi connectivity index (χ0v) is 4.76. The van der Waals surface area contributed by atoms with Gasteiger partial charge in [0.05, 0.1) is 6.04 Å². The van der Waals surface area contributed by atoms with Crippen molar-refractivity contribution in [2.45, 2.75) is 17.8 Å². The average Bonchev–Trinajstić information content (AvgIpc) is 2.22. The molecule has 1 rings (SSSR count). The Kier molecular flexibility index (Phi) is 1.06. The molecule has 0 saturated heterocycles. The van der Waals surface area contributed by atoms with Gasteiger partial charge in [-0.2, -0.15) is 0 Å². The fraction of sp³-hybridized carbons (Fsp3) is 1.00. The maximum atomic E-state index is 8.84. The van der Waals surface area contributed by atoms with Crippen molar-refractivity contribution in [3.63, 3.8) is 0 Å². The van der Waals surface area contributed by atoms with Gasteiger partial charge in [-0.1, -0.05) is 0 Å². The van der Waals surface area contributed by atoms with Crippen molar-refractivity contribution in [1.29, 1.82) is 0 Å². The smallest absolute Gasteiger partial charge is 0.112 e. The molecule has 0 heterocycles. The summed E-state index contributed by atoms with van der Waals surface area (Å²) in [4.78, 5) is 0. The quantitative estimate of drug-likeness (QED) is 0.288. The number of likely N-dealkylation sites (N-methyl/N-ethyl adjacent to an activating group) is 1. The number of hydrogen-bond donors (Lipinski definition) is 4. The average molecular weight is 117 g/mol. The molecule has 1 saturated carbocycles. The molecule has 8 heavy (non-hydrogen) atoms. The highest BCUT2D eigenvalue weighted by molar-refractivity contribution is 5.18. The molecule has 0 bridgehead atoms. The summed E-state index contributed by atoms with van der Waals surface area (Å²) in [6.07, 6.45) is -0.576. The summed E-state index contributed by atoms with van der Waals surface area (Å²) in [6.45, 7) is 0. The topological polar surface area (TPSA) is 84.3 Å². The third-order valence-electron chi connectivity index (χ3n) is 1.71. The van der Waals surface area contributed by atoms with Crippen LogP contribution in [0.2, 0.25) is 0 Å². The highest BCUT2D eigenvalue weighted by Gasteiger charge is 2.59. The first kappa shape index (κ1) is 5.97. The fourth-order valence-electron chi connectivity index (χ4n) is 0.730. The molecule has 1 aliphatic carbocycles. The van der Waals surface area contributed by atoms with Gasteiger partial charge in [0.1, 0.15) is 11.8 Å². The van der Waals surface area contributed by atoms with Gasteiger partial charge in [0, 0.05) is 0 Å². The second-order valence-electron chi connectivity index (χ2n) is 2.15. The van der Waals surface area contributed by atoms with E-state index in [-0.39, 0.29) is 6.04 Å². The monoisotopic (exact) mass is 117 g/mol. The fourth-order valence-corrected chi connectivity index (χ4v) is 0.730. The van der Waals surface area contributed by atoms with E-state index in [0.717, 1.165) is 0 Å². The van der Waals surface area contributed by atoms with Crippen molar-refractivity contribution < 1.29 is 5.11 Å². The molecule has 0 spiro atoms. The Balaban J connectivity index is 2.50. The van der Waals surface area contributed by atoms with Crippen LogP contribution < -0.4 is 16.8 Å². The van der Waals surface area contributed by atoms with Crippen molar-refractivity contribution in [2.24, 2.45) is 11.5 Å².